The molecule has 1 fully saturated rings. The van der Waals surface area contributed by atoms with Crippen molar-refractivity contribution < 1.29 is 23.9 Å². The van der Waals surface area contributed by atoms with Crippen LogP contribution in [0.5, 0.6) is 0 Å². The van der Waals surface area contributed by atoms with Crippen LogP contribution in [0.25, 0.3) is 11.0 Å². The molecule has 1 atom stereocenters. The minimum atomic E-state index is -0.924. The van der Waals surface area contributed by atoms with E-state index in [9.17, 15) is 18.8 Å². The number of benzene rings is 1. The third kappa shape index (κ3) is 3.51. The van der Waals surface area contributed by atoms with Gasteiger partial charge in [-0.05, 0) is 25.0 Å². The third-order valence-electron chi connectivity index (χ3n) is 4.56. The Morgan fingerprint density at radius 3 is 2.92 bits per heavy atom. The predicted molar refractivity (Wildman–Crippen MR) is 90.0 cm³/mol. The van der Waals surface area contributed by atoms with E-state index in [-0.39, 0.29) is 24.6 Å². The predicted octanol–water partition coefficient (Wildman–Crippen LogP) is 1.10. The second-order valence-corrected chi connectivity index (χ2v) is 6.43. The summed E-state index contributed by atoms with van der Waals surface area (Å²) in [7, 11) is 1.45. The molecule has 1 aliphatic heterocycles. The van der Waals surface area contributed by atoms with Gasteiger partial charge in [-0.1, -0.05) is 0 Å². The maximum atomic E-state index is 13.7. The lowest BCUT2D eigenvalue weighted by molar-refractivity contribution is -0.145. The zero-order valence-corrected chi connectivity index (χ0v) is 14.2. The van der Waals surface area contributed by atoms with Crippen LogP contribution >= 0.6 is 0 Å². The number of piperidine rings is 1. The van der Waals surface area contributed by atoms with E-state index in [0.29, 0.717) is 30.4 Å². The normalized spacial score (nSPS) is 17.3. The van der Waals surface area contributed by atoms with E-state index < -0.39 is 23.6 Å². The first-order chi connectivity index (χ1) is 12.4. The monoisotopic (exact) mass is 362 g/mol. The molecule has 2 heterocycles. The van der Waals surface area contributed by atoms with Crippen LogP contribution in [0.2, 0.25) is 0 Å². The Hall–Kier alpha value is -2.97. The van der Waals surface area contributed by atoms with E-state index in [4.69, 9.17) is 5.11 Å². The molecule has 2 N–H and O–H groups in total. The van der Waals surface area contributed by atoms with Crippen molar-refractivity contribution in [1.82, 2.24) is 19.8 Å². The molecule has 9 heteroatoms. The molecule has 1 unspecified atom stereocenters. The number of carboxylic acids is 1. The number of fused-ring (bicyclic) bond motifs is 1. The molecule has 1 aliphatic rings. The number of H-pyrrole nitrogens is 1. The maximum absolute atomic E-state index is 13.7. The second kappa shape index (κ2) is 7.11. The molecule has 1 aromatic heterocycles. The van der Waals surface area contributed by atoms with Gasteiger partial charge in [0.2, 0.25) is 5.91 Å². The number of likely N-dealkylation sites (tertiary alicyclic amines) is 1. The van der Waals surface area contributed by atoms with Gasteiger partial charge < -0.3 is 19.9 Å². The number of likely N-dealkylation sites (N-methyl/N-ethyl adjacent to an activating group) is 1. The molecule has 2 aromatic rings. The lowest BCUT2D eigenvalue weighted by atomic mass is 9.98. The summed E-state index contributed by atoms with van der Waals surface area (Å²) < 4.78 is 13.7. The molecular formula is C17H19FN4O4. The number of carboxylic acid groups (broad SMARTS) is 1. The number of aromatic amines is 1. The van der Waals surface area contributed by atoms with Crippen LogP contribution in [0.4, 0.5) is 4.39 Å². The molecule has 0 radical (unpaired) electrons. The van der Waals surface area contributed by atoms with E-state index >= 15 is 0 Å². The Bertz CT molecular complexity index is 866. The molecule has 2 amide bonds. The molecule has 3 rings (SSSR count). The molecule has 0 bridgehead atoms. The van der Waals surface area contributed by atoms with E-state index in [1.807, 2.05) is 0 Å². The standard InChI is InChI=1S/C17H19FN4O4/c1-21(8-14(23)22-4-2-3-10(7-22)17(25)26)16(24)12-5-11(18)6-13-15(12)20-9-19-13/h5-6,9-10H,2-4,7-8H2,1H3,(H,19,20)(H,25,26). The Labute approximate surface area is 148 Å². The van der Waals surface area contributed by atoms with Crippen LogP contribution in [0, 0.1) is 11.7 Å². The average molecular weight is 362 g/mol. The summed E-state index contributed by atoms with van der Waals surface area (Å²) >= 11 is 0. The van der Waals surface area contributed by atoms with Crippen molar-refractivity contribution >= 4 is 28.8 Å². The molecule has 138 valence electrons. The number of imidazole rings is 1. The number of hydrogen-bond acceptors (Lipinski definition) is 4. The topological polar surface area (TPSA) is 107 Å². The summed E-state index contributed by atoms with van der Waals surface area (Å²) in [5.41, 5.74) is 0.798. The highest BCUT2D eigenvalue weighted by atomic mass is 19.1. The summed E-state index contributed by atoms with van der Waals surface area (Å²) in [6.07, 6.45) is 2.51. The van der Waals surface area contributed by atoms with E-state index in [1.165, 1.54) is 29.2 Å². The van der Waals surface area contributed by atoms with Crippen molar-refractivity contribution in [1.29, 1.82) is 0 Å². The van der Waals surface area contributed by atoms with Crippen molar-refractivity contribution in [3.8, 4) is 0 Å². The van der Waals surface area contributed by atoms with Crippen LogP contribution in [-0.4, -0.2) is 69.3 Å². The molecule has 1 saturated heterocycles. The van der Waals surface area contributed by atoms with Crippen molar-refractivity contribution in [2.75, 3.05) is 26.7 Å². The van der Waals surface area contributed by atoms with Gasteiger partial charge in [0.15, 0.2) is 0 Å². The number of aromatic nitrogens is 2. The van der Waals surface area contributed by atoms with Gasteiger partial charge in [-0.2, -0.15) is 0 Å². The Balaban J connectivity index is 1.71. The number of rotatable bonds is 4. The van der Waals surface area contributed by atoms with Gasteiger partial charge in [-0.15, -0.1) is 0 Å². The number of halogens is 1. The molecule has 0 aliphatic carbocycles. The zero-order valence-electron chi connectivity index (χ0n) is 14.2. The molecule has 1 aromatic carbocycles. The molecule has 0 saturated carbocycles. The number of carbonyl (C=O) groups is 3. The minimum absolute atomic E-state index is 0.0682. The van der Waals surface area contributed by atoms with Crippen LogP contribution in [0.15, 0.2) is 18.5 Å². The van der Waals surface area contributed by atoms with Gasteiger partial charge in [0.1, 0.15) is 11.3 Å². The second-order valence-electron chi connectivity index (χ2n) is 6.43. The van der Waals surface area contributed by atoms with Gasteiger partial charge in [-0.25, -0.2) is 9.37 Å². The third-order valence-corrected chi connectivity index (χ3v) is 4.56. The summed E-state index contributed by atoms with van der Waals surface area (Å²) in [5.74, 6) is -2.94. The van der Waals surface area contributed by atoms with Gasteiger partial charge in [-0.3, -0.25) is 14.4 Å². The van der Waals surface area contributed by atoms with Crippen molar-refractivity contribution in [3.05, 3.63) is 29.8 Å². The lowest BCUT2D eigenvalue weighted by Gasteiger charge is -2.32. The van der Waals surface area contributed by atoms with Crippen molar-refractivity contribution in [2.24, 2.45) is 5.92 Å². The van der Waals surface area contributed by atoms with Crippen LogP contribution in [0.3, 0.4) is 0 Å². The van der Waals surface area contributed by atoms with Crippen LogP contribution in [-0.2, 0) is 9.59 Å². The van der Waals surface area contributed by atoms with E-state index in [1.54, 1.807) is 0 Å². The highest BCUT2D eigenvalue weighted by molar-refractivity contribution is 6.05. The van der Waals surface area contributed by atoms with Gasteiger partial charge in [0, 0.05) is 20.1 Å². The van der Waals surface area contributed by atoms with Crippen LogP contribution in [0.1, 0.15) is 23.2 Å². The minimum Gasteiger partial charge on any atom is -0.481 e. The summed E-state index contributed by atoms with van der Waals surface area (Å²) in [4.78, 5) is 45.6. The summed E-state index contributed by atoms with van der Waals surface area (Å²) in [5, 5.41) is 9.11. The van der Waals surface area contributed by atoms with Crippen LogP contribution < -0.4 is 0 Å². The highest BCUT2D eigenvalue weighted by Crippen LogP contribution is 2.20. The van der Waals surface area contributed by atoms with Gasteiger partial charge in [0.25, 0.3) is 5.91 Å². The first kappa shape index (κ1) is 17.8. The smallest absolute Gasteiger partial charge is 0.308 e. The molecule has 0 spiro atoms. The van der Waals surface area contributed by atoms with Gasteiger partial charge >= 0.3 is 5.97 Å². The first-order valence-electron chi connectivity index (χ1n) is 8.25. The molecular weight excluding hydrogens is 343 g/mol. The van der Waals surface area contributed by atoms with Gasteiger partial charge in [0.05, 0.1) is 29.9 Å². The molecule has 8 nitrogen and oxygen atoms in total. The number of aliphatic carboxylic acids is 1. The summed E-state index contributed by atoms with van der Waals surface area (Å²) in [6, 6.07) is 2.33. The SMILES string of the molecule is CN(CC(=O)N1CCCC(C(=O)O)C1)C(=O)c1cc(F)cc2[nH]cnc12. The largest absolute Gasteiger partial charge is 0.481 e. The van der Waals surface area contributed by atoms with Crippen molar-refractivity contribution in [2.45, 2.75) is 12.8 Å². The fourth-order valence-electron chi connectivity index (χ4n) is 3.16. The Kier molecular flexibility index (Phi) is 4.88. The Morgan fingerprint density at radius 2 is 2.19 bits per heavy atom. The number of nitrogens with one attached hydrogen (secondary N) is 1. The quantitative estimate of drug-likeness (QED) is 0.847. The van der Waals surface area contributed by atoms with E-state index in [0.717, 1.165) is 6.07 Å². The lowest BCUT2D eigenvalue weighted by Crippen LogP contribution is -2.46. The first-order valence-corrected chi connectivity index (χ1v) is 8.25. The highest BCUT2D eigenvalue weighted by Gasteiger charge is 2.29. The molecule has 26 heavy (non-hydrogen) atoms. The fourth-order valence-corrected chi connectivity index (χ4v) is 3.16. The fraction of sp³-hybridized carbons (Fsp3) is 0.412. The Morgan fingerprint density at radius 1 is 1.42 bits per heavy atom. The zero-order chi connectivity index (χ0) is 18.8. The van der Waals surface area contributed by atoms with Crippen molar-refractivity contribution in [3.63, 3.8) is 0 Å². The number of hydrogen-bond donors (Lipinski definition) is 2. The number of carbonyl (C=O) groups excluding carboxylic acids is 2. The maximum Gasteiger partial charge on any atom is 0.308 e. The number of amides is 2. The number of nitrogens with zero attached hydrogens (tertiary/aromatic N) is 3. The van der Waals surface area contributed by atoms with E-state index in [2.05, 4.69) is 9.97 Å². The average Bonchev–Trinajstić information content (AvgIpc) is 3.08. The summed E-state index contributed by atoms with van der Waals surface area (Å²) in [6.45, 7) is 0.390.